The van der Waals surface area contributed by atoms with Gasteiger partial charge in [-0.05, 0) is 61.4 Å². The highest BCUT2D eigenvalue weighted by atomic mass is 35.5. The van der Waals surface area contributed by atoms with Crippen LogP contribution in [0.2, 0.25) is 10.0 Å². The molecule has 0 aliphatic carbocycles. The molecule has 0 fully saturated rings. The second-order valence-electron chi connectivity index (χ2n) is 7.45. The molecule has 0 radical (unpaired) electrons. The van der Waals surface area contributed by atoms with Gasteiger partial charge in [0, 0.05) is 6.07 Å². The fraction of sp³-hybridized carbons (Fsp3) is 0.120. The number of halogens is 2. The number of fused-ring (bicyclic) bond motifs is 1. The van der Waals surface area contributed by atoms with Gasteiger partial charge in [0.1, 0.15) is 23.3 Å². The van der Waals surface area contributed by atoms with Gasteiger partial charge in [0.15, 0.2) is 6.61 Å². The molecule has 0 aliphatic rings. The Labute approximate surface area is 199 Å². The van der Waals surface area contributed by atoms with Crippen LogP contribution in [0.1, 0.15) is 11.1 Å². The van der Waals surface area contributed by atoms with E-state index in [-0.39, 0.29) is 22.8 Å². The second kappa shape index (κ2) is 9.57. The normalized spacial score (nSPS) is 10.8. The zero-order valence-corrected chi connectivity index (χ0v) is 19.3. The topological polar surface area (TPSA) is 77.8 Å². The predicted molar refractivity (Wildman–Crippen MR) is 129 cm³/mol. The summed E-state index contributed by atoms with van der Waals surface area (Å²) in [6, 6.07) is 15.3. The highest BCUT2D eigenvalue weighted by molar-refractivity contribution is 6.44. The molecule has 0 unspecified atom stereocenters. The minimum Gasteiger partial charge on any atom is -0.484 e. The van der Waals surface area contributed by atoms with Crippen LogP contribution in [0.25, 0.3) is 11.0 Å². The summed E-state index contributed by atoms with van der Waals surface area (Å²) in [5.41, 5.74) is 2.44. The van der Waals surface area contributed by atoms with Crippen LogP contribution in [0.4, 0.5) is 5.69 Å². The summed E-state index contributed by atoms with van der Waals surface area (Å²) in [5, 5.41) is 3.55. The van der Waals surface area contributed by atoms with Gasteiger partial charge in [0.2, 0.25) is 11.2 Å². The number of hydrogen-bond acceptors (Lipinski definition) is 5. The Balaban J connectivity index is 1.47. The van der Waals surface area contributed by atoms with Crippen LogP contribution in [0, 0.1) is 13.8 Å². The van der Waals surface area contributed by atoms with Crippen molar-refractivity contribution in [1.82, 2.24) is 0 Å². The van der Waals surface area contributed by atoms with Crippen molar-refractivity contribution in [3.05, 3.63) is 92.3 Å². The quantitative estimate of drug-likeness (QED) is 0.337. The highest BCUT2D eigenvalue weighted by Gasteiger charge is 2.12. The maximum Gasteiger partial charge on any atom is 0.262 e. The lowest BCUT2D eigenvalue weighted by atomic mass is 10.1. The Bertz CT molecular complexity index is 1390. The third-order valence-electron chi connectivity index (χ3n) is 4.73. The first kappa shape index (κ1) is 22.7. The molecule has 4 rings (SSSR count). The van der Waals surface area contributed by atoms with Crippen LogP contribution in [-0.2, 0) is 4.79 Å². The van der Waals surface area contributed by atoms with Crippen molar-refractivity contribution in [2.45, 2.75) is 13.8 Å². The summed E-state index contributed by atoms with van der Waals surface area (Å²) < 4.78 is 16.9. The number of benzene rings is 3. The van der Waals surface area contributed by atoms with E-state index in [2.05, 4.69) is 5.32 Å². The number of carbonyl (C=O) groups is 1. The number of anilines is 1. The monoisotopic (exact) mass is 483 g/mol. The summed E-state index contributed by atoms with van der Waals surface area (Å²) in [4.78, 5) is 25.0. The van der Waals surface area contributed by atoms with Gasteiger partial charge in [-0.3, -0.25) is 9.59 Å². The standard InChI is InChI=1S/C25H19Cl2NO5/c1-14-8-15(2)10-17(9-14)33-22-12-32-21-11-16(6-7-18(21)25(22)30)31-13-23(29)28-20-5-3-4-19(26)24(20)27/h3-12H,13H2,1-2H3,(H,28,29). The van der Waals surface area contributed by atoms with Crippen LogP contribution in [0.3, 0.4) is 0 Å². The zero-order chi connectivity index (χ0) is 23.5. The number of amides is 1. The van der Waals surface area contributed by atoms with Gasteiger partial charge in [-0.1, -0.05) is 35.3 Å². The molecular weight excluding hydrogens is 465 g/mol. The smallest absolute Gasteiger partial charge is 0.262 e. The molecule has 0 spiro atoms. The molecule has 33 heavy (non-hydrogen) atoms. The number of aryl methyl sites for hydroxylation is 2. The fourth-order valence-corrected chi connectivity index (χ4v) is 3.65. The van der Waals surface area contributed by atoms with Gasteiger partial charge in [0.05, 0.1) is 21.1 Å². The first-order chi connectivity index (χ1) is 15.8. The van der Waals surface area contributed by atoms with E-state index in [0.717, 1.165) is 11.1 Å². The van der Waals surface area contributed by atoms with Gasteiger partial charge < -0.3 is 19.2 Å². The van der Waals surface area contributed by atoms with Crippen molar-refractivity contribution in [3.8, 4) is 17.2 Å². The van der Waals surface area contributed by atoms with Gasteiger partial charge in [-0.2, -0.15) is 0 Å². The molecule has 1 aromatic heterocycles. The molecule has 0 aliphatic heterocycles. The van der Waals surface area contributed by atoms with E-state index < -0.39 is 5.91 Å². The third kappa shape index (κ3) is 5.30. The lowest BCUT2D eigenvalue weighted by Crippen LogP contribution is -2.20. The van der Waals surface area contributed by atoms with Gasteiger partial charge in [-0.25, -0.2) is 0 Å². The number of carbonyl (C=O) groups excluding carboxylic acids is 1. The molecule has 168 valence electrons. The molecule has 0 bridgehead atoms. The Hall–Kier alpha value is -3.48. The van der Waals surface area contributed by atoms with Crippen LogP contribution >= 0.6 is 23.2 Å². The largest absolute Gasteiger partial charge is 0.484 e. The van der Waals surface area contributed by atoms with E-state index in [1.54, 1.807) is 30.3 Å². The van der Waals surface area contributed by atoms with Gasteiger partial charge in [0.25, 0.3) is 5.91 Å². The Morgan fingerprint density at radius 3 is 2.52 bits per heavy atom. The van der Waals surface area contributed by atoms with Gasteiger partial charge >= 0.3 is 0 Å². The number of ether oxygens (including phenoxy) is 2. The van der Waals surface area contributed by atoms with E-state index in [1.807, 2.05) is 32.0 Å². The molecule has 1 N–H and O–H groups in total. The third-order valence-corrected chi connectivity index (χ3v) is 5.55. The van der Waals surface area contributed by atoms with Crippen LogP contribution in [0.15, 0.2) is 70.1 Å². The first-order valence-corrected chi connectivity index (χ1v) is 10.7. The van der Waals surface area contributed by atoms with Crippen molar-refractivity contribution in [1.29, 1.82) is 0 Å². The maximum absolute atomic E-state index is 12.8. The summed E-state index contributed by atoms with van der Waals surface area (Å²) in [5.74, 6) is 0.586. The molecule has 6 nitrogen and oxygen atoms in total. The summed E-state index contributed by atoms with van der Waals surface area (Å²) in [6.45, 7) is 3.63. The molecule has 4 aromatic rings. The summed E-state index contributed by atoms with van der Waals surface area (Å²) in [7, 11) is 0. The van der Waals surface area contributed by atoms with Crippen molar-refractivity contribution < 1.29 is 18.7 Å². The molecule has 8 heteroatoms. The zero-order valence-electron chi connectivity index (χ0n) is 17.8. The van der Waals surface area contributed by atoms with Crippen LogP contribution in [-0.4, -0.2) is 12.5 Å². The van der Waals surface area contributed by atoms with E-state index in [4.69, 9.17) is 37.1 Å². The molecular formula is C25H19Cl2NO5. The first-order valence-electron chi connectivity index (χ1n) is 9.98. The van der Waals surface area contributed by atoms with E-state index in [1.165, 1.54) is 12.3 Å². The lowest BCUT2D eigenvalue weighted by molar-refractivity contribution is -0.118. The minimum absolute atomic E-state index is 0.0824. The second-order valence-corrected chi connectivity index (χ2v) is 8.24. The van der Waals surface area contributed by atoms with Crippen LogP contribution < -0.4 is 20.2 Å². The average molecular weight is 484 g/mol. The molecule has 1 amide bonds. The number of hydrogen-bond donors (Lipinski definition) is 1. The Kier molecular flexibility index (Phi) is 6.58. The lowest BCUT2D eigenvalue weighted by Gasteiger charge is -2.10. The minimum atomic E-state index is -0.419. The van der Waals surface area contributed by atoms with E-state index in [9.17, 15) is 9.59 Å². The van der Waals surface area contributed by atoms with Crippen LogP contribution in [0.5, 0.6) is 17.2 Å². The molecule has 0 saturated heterocycles. The fourth-order valence-electron chi connectivity index (χ4n) is 3.31. The summed E-state index contributed by atoms with van der Waals surface area (Å²) in [6.07, 6.45) is 1.26. The molecule has 1 heterocycles. The van der Waals surface area contributed by atoms with Crippen molar-refractivity contribution in [3.63, 3.8) is 0 Å². The molecule has 0 saturated carbocycles. The van der Waals surface area contributed by atoms with Crippen molar-refractivity contribution >= 4 is 45.8 Å². The van der Waals surface area contributed by atoms with Crippen molar-refractivity contribution in [2.24, 2.45) is 0 Å². The Morgan fingerprint density at radius 1 is 1.00 bits per heavy atom. The van der Waals surface area contributed by atoms with E-state index >= 15 is 0 Å². The molecule has 0 atom stereocenters. The predicted octanol–water partition coefficient (Wildman–Crippen LogP) is 6.53. The highest BCUT2D eigenvalue weighted by Crippen LogP contribution is 2.29. The van der Waals surface area contributed by atoms with E-state index in [0.29, 0.717) is 33.2 Å². The number of nitrogens with one attached hydrogen (secondary N) is 1. The SMILES string of the molecule is Cc1cc(C)cc(Oc2coc3cc(OCC(=O)Nc4cccc(Cl)c4Cl)ccc3c2=O)c1. The average Bonchev–Trinajstić information content (AvgIpc) is 2.77. The molecule has 3 aromatic carbocycles. The number of rotatable bonds is 6. The van der Waals surface area contributed by atoms with Crippen molar-refractivity contribution in [2.75, 3.05) is 11.9 Å². The van der Waals surface area contributed by atoms with Gasteiger partial charge in [-0.15, -0.1) is 0 Å². The summed E-state index contributed by atoms with van der Waals surface area (Å²) >= 11 is 12.0. The maximum atomic E-state index is 12.8. The Morgan fingerprint density at radius 2 is 1.76 bits per heavy atom.